The van der Waals surface area contributed by atoms with Crippen LogP contribution in [0.4, 0.5) is 35.0 Å². The number of piperidine rings is 1. The molecule has 2 heterocycles. The first-order valence-electron chi connectivity index (χ1n) is 10.2. The van der Waals surface area contributed by atoms with Crippen molar-refractivity contribution in [3.8, 4) is 0 Å². The third-order valence-corrected chi connectivity index (χ3v) is 6.59. The van der Waals surface area contributed by atoms with E-state index in [9.17, 15) is 31.1 Å². The van der Waals surface area contributed by atoms with Gasteiger partial charge >= 0.3 is 6.18 Å². The SMILES string of the molecule is CC(C)NS(=O)(=O)c1ccc(Nc2ncc(C(F)(F)F)c(N3CCC[C@](C)(O)C3)n2)c(F)c1. The lowest BCUT2D eigenvalue weighted by molar-refractivity contribution is -0.137. The number of halogens is 4. The van der Waals surface area contributed by atoms with Gasteiger partial charge in [-0.1, -0.05) is 0 Å². The van der Waals surface area contributed by atoms with Gasteiger partial charge in [0.05, 0.1) is 16.2 Å². The molecule has 1 aromatic heterocycles. The molecular formula is C20H25F4N5O3S. The lowest BCUT2D eigenvalue weighted by atomic mass is 9.95. The Kier molecular flexibility index (Phi) is 6.87. The first kappa shape index (κ1) is 25.1. The maximum atomic E-state index is 14.6. The molecule has 1 saturated heterocycles. The number of benzene rings is 1. The van der Waals surface area contributed by atoms with Crippen LogP contribution < -0.4 is 14.9 Å². The summed E-state index contributed by atoms with van der Waals surface area (Å²) in [5.74, 6) is -1.69. The van der Waals surface area contributed by atoms with Crippen LogP contribution in [0.25, 0.3) is 0 Å². The zero-order chi connectivity index (χ0) is 24.6. The molecule has 0 amide bonds. The molecule has 1 aliphatic rings. The van der Waals surface area contributed by atoms with Crippen LogP contribution in [-0.2, 0) is 16.2 Å². The van der Waals surface area contributed by atoms with Gasteiger partial charge in [0.15, 0.2) is 0 Å². The summed E-state index contributed by atoms with van der Waals surface area (Å²) in [6.45, 7) is 4.96. The number of hydrogen-bond donors (Lipinski definition) is 3. The normalized spacial score (nSPS) is 19.7. The molecule has 0 unspecified atom stereocenters. The Morgan fingerprint density at radius 2 is 1.97 bits per heavy atom. The first-order chi connectivity index (χ1) is 15.2. The summed E-state index contributed by atoms with van der Waals surface area (Å²) in [5, 5.41) is 12.8. The quantitative estimate of drug-likeness (QED) is 0.532. The molecule has 8 nitrogen and oxygen atoms in total. The molecule has 13 heteroatoms. The third kappa shape index (κ3) is 6.09. The second kappa shape index (κ2) is 9.03. The van der Waals surface area contributed by atoms with E-state index in [1.54, 1.807) is 13.8 Å². The number of aliphatic hydroxyl groups is 1. The highest BCUT2D eigenvalue weighted by Gasteiger charge is 2.39. The van der Waals surface area contributed by atoms with Crippen molar-refractivity contribution in [1.29, 1.82) is 0 Å². The molecule has 182 valence electrons. The van der Waals surface area contributed by atoms with E-state index in [4.69, 9.17) is 0 Å². The Morgan fingerprint density at radius 3 is 2.55 bits per heavy atom. The standard InChI is InChI=1S/C20H25F4N5O3S/c1-12(2)28-33(31,32)13-5-6-16(15(21)9-13)26-18-25-10-14(20(22,23)24)17(27-18)29-8-4-7-19(3,30)11-29/h5-6,9-10,12,28,30H,4,7-8,11H2,1-3H3,(H,25,26,27)/t19-/m0/s1. The summed E-state index contributed by atoms with van der Waals surface area (Å²) in [6, 6.07) is 2.68. The fourth-order valence-corrected chi connectivity index (χ4v) is 4.80. The van der Waals surface area contributed by atoms with Crippen LogP contribution >= 0.6 is 0 Å². The highest BCUT2D eigenvalue weighted by Crippen LogP contribution is 2.37. The number of hydrogen-bond acceptors (Lipinski definition) is 7. The molecule has 0 radical (unpaired) electrons. The van der Waals surface area contributed by atoms with Crippen LogP contribution in [0.3, 0.4) is 0 Å². The van der Waals surface area contributed by atoms with Gasteiger partial charge in [0, 0.05) is 25.3 Å². The van der Waals surface area contributed by atoms with Crippen molar-refractivity contribution >= 4 is 27.5 Å². The molecule has 0 spiro atoms. The van der Waals surface area contributed by atoms with Crippen LogP contribution in [0.5, 0.6) is 0 Å². The molecular weight excluding hydrogens is 466 g/mol. The molecule has 3 rings (SSSR count). The fourth-order valence-electron chi connectivity index (χ4n) is 3.54. The highest BCUT2D eigenvalue weighted by molar-refractivity contribution is 7.89. The Morgan fingerprint density at radius 1 is 1.27 bits per heavy atom. The molecule has 1 aliphatic heterocycles. The molecule has 3 N–H and O–H groups in total. The van der Waals surface area contributed by atoms with Crippen molar-refractivity contribution in [2.45, 2.75) is 56.3 Å². The van der Waals surface area contributed by atoms with Gasteiger partial charge in [-0.2, -0.15) is 18.2 Å². The van der Waals surface area contributed by atoms with Crippen LogP contribution in [0.1, 0.15) is 39.2 Å². The number of β-amino-alcohol motifs (C(OH)–C–C–N with tert-alkyl or cyclic N) is 1. The molecule has 1 aromatic carbocycles. The lowest BCUT2D eigenvalue weighted by Gasteiger charge is -2.38. The van der Waals surface area contributed by atoms with Crippen molar-refractivity contribution < 1.29 is 31.1 Å². The number of nitrogens with one attached hydrogen (secondary N) is 2. The summed E-state index contributed by atoms with van der Waals surface area (Å²) in [4.78, 5) is 8.63. The summed E-state index contributed by atoms with van der Waals surface area (Å²) in [7, 11) is -3.93. The van der Waals surface area contributed by atoms with E-state index >= 15 is 0 Å². The minimum Gasteiger partial charge on any atom is -0.388 e. The van der Waals surface area contributed by atoms with Crippen LogP contribution in [0, 0.1) is 5.82 Å². The predicted octanol–water partition coefficient (Wildman–Crippen LogP) is 3.42. The monoisotopic (exact) mass is 491 g/mol. The van der Waals surface area contributed by atoms with Crippen LogP contribution in [-0.4, -0.2) is 48.2 Å². The number of alkyl halides is 3. The molecule has 1 atom stereocenters. The molecule has 0 bridgehead atoms. The average molecular weight is 492 g/mol. The van der Waals surface area contributed by atoms with Crippen molar-refractivity contribution in [1.82, 2.24) is 14.7 Å². The second-order valence-corrected chi connectivity index (χ2v) is 10.2. The van der Waals surface area contributed by atoms with E-state index < -0.39 is 45.0 Å². The minimum atomic E-state index is -4.73. The van der Waals surface area contributed by atoms with E-state index in [2.05, 4.69) is 20.0 Å². The van der Waals surface area contributed by atoms with Gasteiger partial charge in [0.1, 0.15) is 17.2 Å². The largest absolute Gasteiger partial charge is 0.421 e. The van der Waals surface area contributed by atoms with E-state index in [1.807, 2.05) is 0 Å². The van der Waals surface area contributed by atoms with Gasteiger partial charge in [0.25, 0.3) is 0 Å². The molecule has 1 fully saturated rings. The Hall–Kier alpha value is -2.51. The van der Waals surface area contributed by atoms with E-state index in [1.165, 1.54) is 11.8 Å². The topological polar surface area (TPSA) is 107 Å². The molecule has 2 aromatic rings. The van der Waals surface area contributed by atoms with Crippen LogP contribution in [0.2, 0.25) is 0 Å². The van der Waals surface area contributed by atoms with Gasteiger partial charge in [-0.15, -0.1) is 0 Å². The number of sulfonamides is 1. The Labute approximate surface area is 189 Å². The fraction of sp³-hybridized carbons (Fsp3) is 0.500. The summed E-state index contributed by atoms with van der Waals surface area (Å²) in [6.07, 6.45) is -3.24. The van der Waals surface area contributed by atoms with E-state index in [0.717, 1.165) is 18.2 Å². The van der Waals surface area contributed by atoms with Gasteiger partial charge < -0.3 is 15.3 Å². The third-order valence-electron chi connectivity index (χ3n) is 4.94. The summed E-state index contributed by atoms with van der Waals surface area (Å²) >= 11 is 0. The number of rotatable bonds is 6. The van der Waals surface area contributed by atoms with Gasteiger partial charge in [-0.3, -0.25) is 0 Å². The van der Waals surface area contributed by atoms with Crippen molar-refractivity contribution in [3.63, 3.8) is 0 Å². The predicted molar refractivity (Wildman–Crippen MR) is 114 cm³/mol. The van der Waals surface area contributed by atoms with Crippen LogP contribution in [0.15, 0.2) is 29.3 Å². The number of anilines is 3. The number of nitrogens with zero attached hydrogens (tertiary/aromatic N) is 3. The average Bonchev–Trinajstić information content (AvgIpc) is 2.67. The summed E-state index contributed by atoms with van der Waals surface area (Å²) < 4.78 is 82.0. The highest BCUT2D eigenvalue weighted by atomic mass is 32.2. The minimum absolute atomic E-state index is 0.0592. The second-order valence-electron chi connectivity index (χ2n) is 8.49. The molecule has 0 saturated carbocycles. The lowest BCUT2D eigenvalue weighted by Crippen LogP contribution is -2.47. The van der Waals surface area contributed by atoms with Gasteiger partial charge in [0.2, 0.25) is 16.0 Å². The first-order valence-corrected chi connectivity index (χ1v) is 11.7. The van der Waals surface area contributed by atoms with Crippen molar-refractivity contribution in [2.75, 3.05) is 23.3 Å². The molecule has 0 aliphatic carbocycles. The zero-order valence-corrected chi connectivity index (χ0v) is 19.1. The van der Waals surface area contributed by atoms with E-state index in [0.29, 0.717) is 19.0 Å². The maximum Gasteiger partial charge on any atom is 0.421 e. The zero-order valence-electron chi connectivity index (χ0n) is 18.2. The molecule has 33 heavy (non-hydrogen) atoms. The summed E-state index contributed by atoms with van der Waals surface area (Å²) in [5.41, 5.74) is -2.47. The Bertz CT molecular complexity index is 1120. The number of aromatic nitrogens is 2. The van der Waals surface area contributed by atoms with Crippen molar-refractivity contribution in [3.05, 3.63) is 35.8 Å². The van der Waals surface area contributed by atoms with E-state index in [-0.39, 0.29) is 29.6 Å². The smallest absolute Gasteiger partial charge is 0.388 e. The van der Waals surface area contributed by atoms with Gasteiger partial charge in [-0.25, -0.2) is 22.5 Å². The maximum absolute atomic E-state index is 14.6. The Balaban J connectivity index is 1.93. The van der Waals surface area contributed by atoms with Gasteiger partial charge in [-0.05, 0) is 51.8 Å². The van der Waals surface area contributed by atoms with Crippen molar-refractivity contribution in [2.24, 2.45) is 0 Å².